The Kier molecular flexibility index (Phi) is 5.63. The molecule has 84 valence electrons. The first-order valence-electron chi connectivity index (χ1n) is 4.34. The van der Waals surface area contributed by atoms with Crippen molar-refractivity contribution in [1.29, 1.82) is 0 Å². The quantitative estimate of drug-likeness (QED) is 0.389. The highest BCUT2D eigenvalue weighted by molar-refractivity contribution is 5.76. The second-order valence-corrected chi connectivity index (χ2v) is 3.30. The van der Waals surface area contributed by atoms with E-state index >= 15 is 0 Å². The molecule has 0 heterocycles. The van der Waals surface area contributed by atoms with Crippen molar-refractivity contribution in [2.24, 2.45) is 0 Å². The summed E-state index contributed by atoms with van der Waals surface area (Å²) in [6.07, 6.45) is 0. The van der Waals surface area contributed by atoms with Gasteiger partial charge in [-0.05, 0) is 6.92 Å². The fraction of sp³-hybridized carbons (Fsp3) is 0.875. The number of aliphatic hydroxyl groups is 3. The van der Waals surface area contributed by atoms with Gasteiger partial charge in [0, 0.05) is 19.6 Å². The number of aliphatic hydroxyl groups excluding tert-OH is 2. The molecule has 0 aliphatic rings. The van der Waals surface area contributed by atoms with Crippen LogP contribution in [0.2, 0.25) is 0 Å². The van der Waals surface area contributed by atoms with E-state index in [4.69, 9.17) is 15.3 Å². The van der Waals surface area contributed by atoms with Gasteiger partial charge in [0.15, 0.2) is 5.60 Å². The Morgan fingerprint density at radius 1 is 1.29 bits per heavy atom. The zero-order chi connectivity index (χ0) is 11.2. The summed E-state index contributed by atoms with van der Waals surface area (Å²) in [6.45, 7) is 1.22. The molecule has 0 aromatic heterocycles. The highest BCUT2D eigenvalue weighted by atomic mass is 16.4. The molecule has 0 saturated carbocycles. The molecule has 0 aliphatic carbocycles. The summed E-state index contributed by atoms with van der Waals surface area (Å²) >= 11 is 0. The molecule has 6 heteroatoms. The van der Waals surface area contributed by atoms with Crippen molar-refractivity contribution in [2.45, 2.75) is 12.5 Å². The molecule has 14 heavy (non-hydrogen) atoms. The monoisotopic (exact) mass is 207 g/mol. The number of hydrogen-bond acceptors (Lipinski definition) is 5. The van der Waals surface area contributed by atoms with Gasteiger partial charge >= 0.3 is 5.97 Å². The minimum Gasteiger partial charge on any atom is -0.479 e. The van der Waals surface area contributed by atoms with Crippen LogP contribution in [0.25, 0.3) is 0 Å². The fourth-order valence-corrected chi connectivity index (χ4v) is 1.06. The Bertz CT molecular complexity index is 177. The average Bonchev–Trinajstić information content (AvgIpc) is 2.04. The van der Waals surface area contributed by atoms with Crippen LogP contribution in [0, 0.1) is 0 Å². The van der Waals surface area contributed by atoms with Crippen LogP contribution >= 0.6 is 0 Å². The summed E-state index contributed by atoms with van der Waals surface area (Å²) in [4.78, 5) is 12.0. The van der Waals surface area contributed by atoms with Crippen LogP contribution in [0.3, 0.4) is 0 Å². The smallest absolute Gasteiger partial charge is 0.336 e. The first-order chi connectivity index (χ1) is 6.44. The maximum Gasteiger partial charge on any atom is 0.336 e. The predicted molar refractivity (Wildman–Crippen MR) is 48.9 cm³/mol. The normalized spacial score (nSPS) is 15.5. The summed E-state index contributed by atoms with van der Waals surface area (Å²) in [5.41, 5.74) is -1.86. The van der Waals surface area contributed by atoms with Crippen LogP contribution in [0.15, 0.2) is 0 Å². The Labute approximate surface area is 82.4 Å². The van der Waals surface area contributed by atoms with Gasteiger partial charge in [0.25, 0.3) is 0 Å². The summed E-state index contributed by atoms with van der Waals surface area (Å²) in [7, 11) is 0. The molecule has 1 unspecified atom stereocenters. The highest BCUT2D eigenvalue weighted by Crippen LogP contribution is 2.06. The van der Waals surface area contributed by atoms with Gasteiger partial charge in [-0.15, -0.1) is 0 Å². The number of carboxylic acid groups (broad SMARTS) is 1. The standard InChI is InChI=1S/C8H17NO5/c1-8(14,7(12)13)6-9(2-4-10)3-5-11/h10-11,14H,2-6H2,1H3,(H,12,13). The van der Waals surface area contributed by atoms with E-state index in [1.54, 1.807) is 0 Å². The van der Waals surface area contributed by atoms with Gasteiger partial charge < -0.3 is 20.4 Å². The molecule has 0 fully saturated rings. The molecule has 0 aromatic rings. The van der Waals surface area contributed by atoms with Crippen molar-refractivity contribution in [2.75, 3.05) is 32.8 Å². The third kappa shape index (κ3) is 4.52. The van der Waals surface area contributed by atoms with E-state index in [9.17, 15) is 9.90 Å². The van der Waals surface area contributed by atoms with E-state index in [0.29, 0.717) is 0 Å². The Hall–Kier alpha value is -0.690. The average molecular weight is 207 g/mol. The minimum atomic E-state index is -1.86. The van der Waals surface area contributed by atoms with Gasteiger partial charge in [-0.3, -0.25) is 4.90 Å². The SMILES string of the molecule is CC(O)(CN(CCO)CCO)C(=O)O. The van der Waals surface area contributed by atoms with Crippen molar-refractivity contribution in [1.82, 2.24) is 4.90 Å². The number of aliphatic carboxylic acids is 1. The molecule has 0 amide bonds. The van der Waals surface area contributed by atoms with Crippen LogP contribution in [0.1, 0.15) is 6.92 Å². The molecule has 6 nitrogen and oxygen atoms in total. The van der Waals surface area contributed by atoms with Gasteiger partial charge in [0.1, 0.15) is 0 Å². The maximum atomic E-state index is 10.6. The molecular weight excluding hydrogens is 190 g/mol. The zero-order valence-corrected chi connectivity index (χ0v) is 8.18. The molecule has 0 bridgehead atoms. The largest absolute Gasteiger partial charge is 0.479 e. The number of carboxylic acids is 1. The van der Waals surface area contributed by atoms with Crippen LogP contribution in [0.5, 0.6) is 0 Å². The number of hydrogen-bond donors (Lipinski definition) is 4. The number of carbonyl (C=O) groups is 1. The van der Waals surface area contributed by atoms with E-state index in [2.05, 4.69) is 0 Å². The first-order valence-corrected chi connectivity index (χ1v) is 4.34. The van der Waals surface area contributed by atoms with Crippen molar-refractivity contribution >= 4 is 5.97 Å². The predicted octanol–water partition coefficient (Wildman–Crippen LogP) is -1.89. The molecule has 1 atom stereocenters. The van der Waals surface area contributed by atoms with E-state index in [1.165, 1.54) is 11.8 Å². The summed E-state index contributed by atoms with van der Waals surface area (Å²) < 4.78 is 0. The topological polar surface area (TPSA) is 101 Å². The van der Waals surface area contributed by atoms with E-state index in [1.807, 2.05) is 0 Å². The molecule has 4 N–H and O–H groups in total. The number of rotatable bonds is 7. The molecule has 0 rings (SSSR count). The molecule has 0 radical (unpaired) electrons. The molecule has 0 spiro atoms. The minimum absolute atomic E-state index is 0.122. The zero-order valence-electron chi connectivity index (χ0n) is 8.18. The van der Waals surface area contributed by atoms with Crippen molar-refractivity contribution in [3.63, 3.8) is 0 Å². The van der Waals surface area contributed by atoms with E-state index in [-0.39, 0.29) is 32.8 Å². The highest BCUT2D eigenvalue weighted by Gasteiger charge is 2.31. The molecule has 0 aromatic carbocycles. The Balaban J connectivity index is 4.19. The number of nitrogens with zero attached hydrogens (tertiary/aromatic N) is 1. The lowest BCUT2D eigenvalue weighted by Crippen LogP contribution is -2.48. The molecule has 0 aliphatic heterocycles. The Morgan fingerprint density at radius 3 is 2.00 bits per heavy atom. The van der Waals surface area contributed by atoms with Gasteiger partial charge in [0.05, 0.1) is 13.2 Å². The maximum absolute atomic E-state index is 10.6. The lowest BCUT2D eigenvalue weighted by Gasteiger charge is -2.27. The molecule has 0 saturated heterocycles. The second-order valence-electron chi connectivity index (χ2n) is 3.30. The summed E-state index contributed by atoms with van der Waals surface area (Å²) in [5, 5.41) is 35.3. The third-order valence-electron chi connectivity index (χ3n) is 1.82. The van der Waals surface area contributed by atoms with Gasteiger partial charge in [-0.25, -0.2) is 4.79 Å². The van der Waals surface area contributed by atoms with E-state index in [0.717, 1.165) is 0 Å². The third-order valence-corrected chi connectivity index (χ3v) is 1.82. The van der Waals surface area contributed by atoms with Gasteiger partial charge in [-0.1, -0.05) is 0 Å². The van der Waals surface area contributed by atoms with E-state index < -0.39 is 11.6 Å². The fourth-order valence-electron chi connectivity index (χ4n) is 1.06. The van der Waals surface area contributed by atoms with Crippen molar-refractivity contribution < 1.29 is 25.2 Å². The molecular formula is C8H17NO5. The lowest BCUT2D eigenvalue weighted by molar-refractivity contribution is -0.158. The first kappa shape index (κ1) is 13.3. The van der Waals surface area contributed by atoms with Crippen molar-refractivity contribution in [3.8, 4) is 0 Å². The van der Waals surface area contributed by atoms with Crippen LogP contribution in [-0.4, -0.2) is 69.7 Å². The Morgan fingerprint density at radius 2 is 1.71 bits per heavy atom. The summed E-state index contributed by atoms with van der Waals surface area (Å²) in [5.74, 6) is -1.32. The van der Waals surface area contributed by atoms with Gasteiger partial charge in [0.2, 0.25) is 0 Å². The summed E-state index contributed by atoms with van der Waals surface area (Å²) in [6, 6.07) is 0. The van der Waals surface area contributed by atoms with Crippen LogP contribution < -0.4 is 0 Å². The second kappa shape index (κ2) is 5.92. The van der Waals surface area contributed by atoms with Crippen molar-refractivity contribution in [3.05, 3.63) is 0 Å². The van der Waals surface area contributed by atoms with Crippen LogP contribution in [0.4, 0.5) is 0 Å². The van der Waals surface area contributed by atoms with Gasteiger partial charge in [-0.2, -0.15) is 0 Å². The van der Waals surface area contributed by atoms with Crippen LogP contribution in [-0.2, 0) is 4.79 Å². The lowest BCUT2D eigenvalue weighted by atomic mass is 10.1.